The maximum absolute atomic E-state index is 9.39. The minimum absolute atomic E-state index is 0.0257. The Morgan fingerprint density at radius 1 is 1.35 bits per heavy atom. The second kappa shape index (κ2) is 6.16. The molecule has 2 aromatic heterocycles. The van der Waals surface area contributed by atoms with Gasteiger partial charge in [-0.3, -0.25) is 4.98 Å². The van der Waals surface area contributed by atoms with Crippen LogP contribution in [0.4, 0.5) is 5.69 Å². The molecule has 3 rings (SSSR count). The van der Waals surface area contributed by atoms with Crippen LogP contribution in [0.25, 0.3) is 11.4 Å². The number of nitrogen functional groups attached to an aromatic ring is 1. The summed E-state index contributed by atoms with van der Waals surface area (Å²) in [6.45, 7) is 1.11. The van der Waals surface area contributed by atoms with E-state index >= 15 is 0 Å². The lowest BCUT2D eigenvalue weighted by molar-refractivity contribution is -0.154. The molecule has 23 heavy (non-hydrogen) atoms. The number of hydrogen-bond acceptors (Lipinski definition) is 8. The van der Waals surface area contributed by atoms with Crippen molar-refractivity contribution in [2.24, 2.45) is 5.41 Å². The second-order valence-corrected chi connectivity index (χ2v) is 5.40. The molecule has 0 spiro atoms. The Balaban J connectivity index is 1.83. The van der Waals surface area contributed by atoms with Gasteiger partial charge in [-0.05, 0) is 12.1 Å². The van der Waals surface area contributed by atoms with Crippen molar-refractivity contribution in [3.05, 3.63) is 30.1 Å². The van der Waals surface area contributed by atoms with Crippen molar-refractivity contribution >= 4 is 5.69 Å². The molecule has 0 radical (unpaired) electrons. The van der Waals surface area contributed by atoms with Gasteiger partial charge in [-0.2, -0.15) is 10.2 Å². The fourth-order valence-corrected chi connectivity index (χ4v) is 2.16. The summed E-state index contributed by atoms with van der Waals surface area (Å²) < 4.78 is 10.7. The van der Waals surface area contributed by atoms with Gasteiger partial charge in [0.2, 0.25) is 0 Å². The molecule has 0 bridgehead atoms. The van der Waals surface area contributed by atoms with Gasteiger partial charge < -0.3 is 20.3 Å². The fraction of sp³-hybridized carbons (Fsp3) is 0.333. The molecule has 0 amide bonds. The molecule has 1 aliphatic heterocycles. The third kappa shape index (κ3) is 2.92. The Morgan fingerprint density at radius 3 is 2.78 bits per heavy atom. The third-order valence-corrected chi connectivity index (χ3v) is 3.63. The van der Waals surface area contributed by atoms with Gasteiger partial charge in [0.05, 0.1) is 36.6 Å². The van der Waals surface area contributed by atoms with Crippen molar-refractivity contribution in [3.8, 4) is 23.5 Å². The van der Waals surface area contributed by atoms with Gasteiger partial charge >= 0.3 is 6.01 Å². The average molecular weight is 313 g/mol. The number of rotatable bonds is 5. The number of aliphatic hydroxyl groups is 1. The van der Waals surface area contributed by atoms with Crippen molar-refractivity contribution in [1.82, 2.24) is 15.0 Å². The molecular weight excluding hydrogens is 298 g/mol. The standard InChI is InChI=1S/C15H15N5O3/c16-5-10-11(17)1-3-18-13(10)12-2-4-19-14(20-12)23-9-15(6-21)7-22-8-15/h1-4,21H,6-9H2,(H2,17,18). The third-order valence-electron chi connectivity index (χ3n) is 3.63. The van der Waals surface area contributed by atoms with E-state index in [4.69, 9.17) is 15.2 Å². The van der Waals surface area contributed by atoms with Crippen molar-refractivity contribution in [1.29, 1.82) is 5.26 Å². The van der Waals surface area contributed by atoms with Crippen molar-refractivity contribution in [3.63, 3.8) is 0 Å². The van der Waals surface area contributed by atoms with Gasteiger partial charge in [-0.1, -0.05) is 0 Å². The molecule has 0 saturated carbocycles. The quantitative estimate of drug-likeness (QED) is 0.811. The Kier molecular flexibility index (Phi) is 4.06. The van der Waals surface area contributed by atoms with E-state index in [0.29, 0.717) is 30.3 Å². The highest BCUT2D eigenvalue weighted by atomic mass is 16.5. The van der Waals surface area contributed by atoms with Crippen LogP contribution in [0.15, 0.2) is 24.5 Å². The summed E-state index contributed by atoms with van der Waals surface area (Å²) in [6.07, 6.45) is 3.03. The number of pyridine rings is 1. The minimum Gasteiger partial charge on any atom is -0.463 e. The molecule has 118 valence electrons. The van der Waals surface area contributed by atoms with Crippen molar-refractivity contribution in [2.75, 3.05) is 32.2 Å². The topological polar surface area (TPSA) is 127 Å². The van der Waals surface area contributed by atoms with Gasteiger partial charge in [-0.15, -0.1) is 0 Å². The van der Waals surface area contributed by atoms with Crippen molar-refractivity contribution in [2.45, 2.75) is 0 Å². The van der Waals surface area contributed by atoms with Crippen LogP contribution in [-0.2, 0) is 4.74 Å². The number of nitrogens with zero attached hydrogens (tertiary/aromatic N) is 4. The number of aliphatic hydroxyl groups excluding tert-OH is 1. The first kappa shape index (κ1) is 15.1. The molecule has 0 unspecified atom stereocenters. The first-order valence-electron chi connectivity index (χ1n) is 6.97. The predicted molar refractivity (Wildman–Crippen MR) is 80.2 cm³/mol. The van der Waals surface area contributed by atoms with Crippen LogP contribution in [0, 0.1) is 16.7 Å². The van der Waals surface area contributed by atoms with E-state index in [1.54, 1.807) is 12.1 Å². The molecule has 3 N–H and O–H groups in total. The SMILES string of the molecule is N#Cc1c(N)ccnc1-c1ccnc(OCC2(CO)COC2)n1. The summed E-state index contributed by atoms with van der Waals surface area (Å²) in [5, 5.41) is 18.6. The molecule has 1 aliphatic rings. The van der Waals surface area contributed by atoms with E-state index < -0.39 is 5.41 Å². The van der Waals surface area contributed by atoms with Gasteiger partial charge in [0, 0.05) is 12.4 Å². The van der Waals surface area contributed by atoms with Crippen LogP contribution in [-0.4, -0.2) is 46.5 Å². The molecule has 0 aliphatic carbocycles. The van der Waals surface area contributed by atoms with Crippen LogP contribution in [0.2, 0.25) is 0 Å². The van der Waals surface area contributed by atoms with Crippen LogP contribution >= 0.6 is 0 Å². The number of ether oxygens (including phenoxy) is 2. The van der Waals surface area contributed by atoms with Gasteiger partial charge in [0.15, 0.2) is 0 Å². The van der Waals surface area contributed by atoms with E-state index in [0.717, 1.165) is 0 Å². The average Bonchev–Trinajstić information content (AvgIpc) is 2.54. The highest BCUT2D eigenvalue weighted by Gasteiger charge is 2.39. The fourth-order valence-electron chi connectivity index (χ4n) is 2.16. The highest BCUT2D eigenvalue weighted by molar-refractivity contribution is 5.71. The van der Waals surface area contributed by atoms with Crippen molar-refractivity contribution < 1.29 is 14.6 Å². The van der Waals surface area contributed by atoms with E-state index in [-0.39, 0.29) is 24.8 Å². The maximum Gasteiger partial charge on any atom is 0.316 e. The minimum atomic E-state index is -0.396. The predicted octanol–water partition coefficient (Wildman–Crippen LogP) is 0.380. The molecule has 1 fully saturated rings. The molecular formula is C15H15N5O3. The first-order valence-corrected chi connectivity index (χ1v) is 6.97. The van der Waals surface area contributed by atoms with E-state index in [9.17, 15) is 10.4 Å². The first-order chi connectivity index (χ1) is 11.2. The second-order valence-electron chi connectivity index (χ2n) is 5.40. The van der Waals surface area contributed by atoms with Gasteiger partial charge in [0.1, 0.15) is 23.9 Å². The molecule has 0 atom stereocenters. The van der Waals surface area contributed by atoms with E-state index in [1.807, 2.05) is 6.07 Å². The molecule has 0 aromatic carbocycles. The normalized spacial score (nSPS) is 15.5. The molecule has 1 saturated heterocycles. The Labute approximate surface area is 132 Å². The van der Waals surface area contributed by atoms with E-state index in [1.165, 1.54) is 12.4 Å². The van der Waals surface area contributed by atoms with E-state index in [2.05, 4.69) is 15.0 Å². The molecule has 8 heteroatoms. The molecule has 2 aromatic rings. The summed E-state index contributed by atoms with van der Waals surface area (Å²) in [5.41, 5.74) is 6.81. The van der Waals surface area contributed by atoms with Gasteiger partial charge in [-0.25, -0.2) is 4.98 Å². The molecule has 8 nitrogen and oxygen atoms in total. The zero-order valence-corrected chi connectivity index (χ0v) is 12.3. The number of aromatic nitrogens is 3. The Morgan fingerprint density at radius 2 is 2.13 bits per heavy atom. The number of hydrogen-bond donors (Lipinski definition) is 2. The van der Waals surface area contributed by atoms with Gasteiger partial charge in [0.25, 0.3) is 0 Å². The molecule has 3 heterocycles. The number of nitrogens with two attached hydrogens (primary N) is 1. The Bertz CT molecular complexity index is 750. The zero-order valence-electron chi connectivity index (χ0n) is 12.3. The maximum atomic E-state index is 9.39. The van der Waals surface area contributed by atoms with Crippen LogP contribution in [0.1, 0.15) is 5.56 Å². The highest BCUT2D eigenvalue weighted by Crippen LogP contribution is 2.28. The van der Waals surface area contributed by atoms with Crippen LogP contribution < -0.4 is 10.5 Å². The summed E-state index contributed by atoms with van der Waals surface area (Å²) in [4.78, 5) is 12.5. The summed E-state index contributed by atoms with van der Waals surface area (Å²) in [5.74, 6) is 0. The summed E-state index contributed by atoms with van der Waals surface area (Å²) >= 11 is 0. The largest absolute Gasteiger partial charge is 0.463 e. The lowest BCUT2D eigenvalue weighted by Crippen LogP contribution is -2.50. The zero-order chi connectivity index (χ0) is 16.3. The van der Waals surface area contributed by atoms with Crippen LogP contribution in [0.5, 0.6) is 6.01 Å². The smallest absolute Gasteiger partial charge is 0.316 e. The monoisotopic (exact) mass is 313 g/mol. The van der Waals surface area contributed by atoms with Crippen LogP contribution in [0.3, 0.4) is 0 Å². The lowest BCUT2D eigenvalue weighted by atomic mass is 9.88. The summed E-state index contributed by atoms with van der Waals surface area (Å²) in [7, 11) is 0. The lowest BCUT2D eigenvalue weighted by Gasteiger charge is -2.38. The summed E-state index contributed by atoms with van der Waals surface area (Å²) in [6, 6.07) is 5.36. The number of nitriles is 1. The number of anilines is 1. The Hall–Kier alpha value is -2.76.